The third-order valence-corrected chi connectivity index (χ3v) is 3.64. The molecule has 2 aromatic carbocycles. The van der Waals surface area contributed by atoms with Gasteiger partial charge in [-0.1, -0.05) is 12.1 Å². The van der Waals surface area contributed by atoms with E-state index >= 15 is 0 Å². The third kappa shape index (κ3) is 5.33. The molecule has 27 heavy (non-hydrogen) atoms. The number of hydrogen-bond acceptors (Lipinski definition) is 7. The van der Waals surface area contributed by atoms with Crippen LogP contribution in [0.5, 0.6) is 0 Å². The second-order valence-corrected chi connectivity index (χ2v) is 5.78. The van der Waals surface area contributed by atoms with Crippen LogP contribution in [0, 0.1) is 20.2 Å². The summed E-state index contributed by atoms with van der Waals surface area (Å²) in [5, 5.41) is 25.6. The van der Waals surface area contributed by atoms with Crippen molar-refractivity contribution in [3.05, 3.63) is 73.8 Å². The monoisotopic (exact) mass is 371 g/mol. The number of amides is 1. The van der Waals surface area contributed by atoms with Crippen LogP contribution >= 0.6 is 0 Å². The zero-order chi connectivity index (χ0) is 20.0. The van der Waals surface area contributed by atoms with Gasteiger partial charge in [-0.05, 0) is 23.8 Å². The van der Waals surface area contributed by atoms with Crippen molar-refractivity contribution in [3.8, 4) is 0 Å². The molecule has 1 amide bonds. The van der Waals surface area contributed by atoms with Crippen LogP contribution in [0.15, 0.2) is 47.6 Å². The molecule has 0 saturated heterocycles. The summed E-state index contributed by atoms with van der Waals surface area (Å²) in [6, 6.07) is 10.6. The first-order valence-corrected chi connectivity index (χ1v) is 7.79. The maximum Gasteiger partial charge on any atom is 0.279 e. The minimum atomic E-state index is -0.759. The van der Waals surface area contributed by atoms with Crippen molar-refractivity contribution in [1.82, 2.24) is 5.43 Å². The molecule has 0 unspecified atom stereocenters. The first-order chi connectivity index (χ1) is 12.8. The Hall–Kier alpha value is -3.82. The largest absolute Gasteiger partial charge is 0.378 e. The number of non-ortho nitro benzene ring substituents is 1. The van der Waals surface area contributed by atoms with E-state index in [1.165, 1.54) is 12.3 Å². The van der Waals surface area contributed by atoms with Crippen LogP contribution in [0.2, 0.25) is 0 Å². The molecule has 0 saturated carbocycles. The molecule has 0 bridgehead atoms. The summed E-state index contributed by atoms with van der Waals surface area (Å²) in [6.07, 6.45) is 1.12. The number of nitro groups is 2. The van der Waals surface area contributed by atoms with Gasteiger partial charge in [0.1, 0.15) is 0 Å². The van der Waals surface area contributed by atoms with E-state index in [4.69, 9.17) is 0 Å². The lowest BCUT2D eigenvalue weighted by molar-refractivity contribution is -0.394. The molecule has 0 radical (unpaired) electrons. The molecular weight excluding hydrogens is 354 g/mol. The van der Waals surface area contributed by atoms with E-state index in [2.05, 4.69) is 10.5 Å². The molecule has 1 N–H and O–H groups in total. The van der Waals surface area contributed by atoms with Gasteiger partial charge in [0.15, 0.2) is 0 Å². The lowest BCUT2D eigenvalue weighted by Crippen LogP contribution is -2.20. The Morgan fingerprint density at radius 2 is 1.78 bits per heavy atom. The summed E-state index contributed by atoms with van der Waals surface area (Å²) in [5.41, 5.74) is 3.23. The van der Waals surface area contributed by atoms with E-state index < -0.39 is 27.1 Å². The Kier molecular flexibility index (Phi) is 6.15. The van der Waals surface area contributed by atoms with E-state index in [0.717, 1.165) is 23.4 Å². The Morgan fingerprint density at radius 1 is 1.11 bits per heavy atom. The molecule has 0 aliphatic heterocycles. The number of hydrogen-bond donors (Lipinski definition) is 1. The number of nitro benzene ring substituents is 2. The minimum absolute atomic E-state index is 0.0636. The zero-order valence-electron chi connectivity index (χ0n) is 14.7. The maximum absolute atomic E-state index is 12.0. The summed E-state index contributed by atoms with van der Waals surface area (Å²) >= 11 is 0. The van der Waals surface area contributed by atoms with Gasteiger partial charge in [0.2, 0.25) is 5.91 Å². The van der Waals surface area contributed by atoms with Gasteiger partial charge in [0.25, 0.3) is 11.4 Å². The minimum Gasteiger partial charge on any atom is -0.378 e. The first kappa shape index (κ1) is 19.5. The standard InChI is InChI=1S/C17H17N5O5/c1-20(2)14-6-3-12(4-7-14)11-18-19-17(23)9-13-5-8-15(21(24)25)10-16(13)22(26)27/h3-8,10-11H,9H2,1-2H3,(H,19,23)/b18-11+. The SMILES string of the molecule is CN(C)c1ccc(/C=N/NC(=O)Cc2ccc([N+](=O)[O-])cc2[N+](=O)[O-])cc1. The van der Waals surface area contributed by atoms with Gasteiger partial charge in [0, 0.05) is 31.4 Å². The Bertz CT molecular complexity index is 893. The van der Waals surface area contributed by atoms with Gasteiger partial charge in [-0.15, -0.1) is 0 Å². The molecule has 10 heteroatoms. The van der Waals surface area contributed by atoms with Crippen molar-refractivity contribution in [1.29, 1.82) is 0 Å². The number of carbonyl (C=O) groups excluding carboxylic acids is 1. The smallest absolute Gasteiger partial charge is 0.279 e. The first-order valence-electron chi connectivity index (χ1n) is 7.79. The van der Waals surface area contributed by atoms with Crippen LogP contribution in [-0.4, -0.2) is 36.1 Å². The van der Waals surface area contributed by atoms with Crippen molar-refractivity contribution in [2.24, 2.45) is 5.10 Å². The van der Waals surface area contributed by atoms with E-state index in [1.54, 1.807) is 0 Å². The number of hydrazone groups is 1. The highest BCUT2D eigenvalue weighted by atomic mass is 16.6. The lowest BCUT2D eigenvalue weighted by atomic mass is 10.1. The van der Waals surface area contributed by atoms with E-state index in [9.17, 15) is 25.0 Å². The zero-order valence-corrected chi connectivity index (χ0v) is 14.7. The average molecular weight is 371 g/mol. The normalized spacial score (nSPS) is 10.6. The topological polar surface area (TPSA) is 131 Å². The number of anilines is 1. The number of nitrogens with one attached hydrogen (secondary N) is 1. The van der Waals surface area contributed by atoms with Gasteiger partial charge in [-0.25, -0.2) is 5.43 Å². The summed E-state index contributed by atoms with van der Waals surface area (Å²) in [4.78, 5) is 34.2. The molecule has 0 atom stereocenters. The van der Waals surface area contributed by atoms with Crippen molar-refractivity contribution >= 4 is 29.2 Å². The molecule has 0 heterocycles. The molecular formula is C17H17N5O5. The van der Waals surface area contributed by atoms with E-state index in [-0.39, 0.29) is 12.0 Å². The fraction of sp³-hybridized carbons (Fsp3) is 0.176. The Morgan fingerprint density at radius 3 is 2.33 bits per heavy atom. The van der Waals surface area contributed by atoms with E-state index in [0.29, 0.717) is 0 Å². The molecule has 0 aliphatic carbocycles. The van der Waals surface area contributed by atoms with Crippen LogP contribution in [0.4, 0.5) is 17.1 Å². The number of carbonyl (C=O) groups is 1. The van der Waals surface area contributed by atoms with Crippen LogP contribution < -0.4 is 10.3 Å². The summed E-state index contributed by atoms with van der Waals surface area (Å²) in [7, 11) is 3.83. The average Bonchev–Trinajstić information content (AvgIpc) is 2.62. The van der Waals surface area contributed by atoms with Crippen molar-refractivity contribution in [3.63, 3.8) is 0 Å². The molecule has 2 aromatic rings. The predicted octanol–water partition coefficient (Wildman–Crippen LogP) is 2.26. The van der Waals surface area contributed by atoms with Crippen molar-refractivity contribution in [2.75, 3.05) is 19.0 Å². The molecule has 2 rings (SSSR count). The summed E-state index contributed by atoms with van der Waals surface area (Å²) in [5.74, 6) is -0.576. The third-order valence-electron chi connectivity index (χ3n) is 3.64. The Balaban J connectivity index is 2.03. The molecule has 0 aliphatic rings. The van der Waals surface area contributed by atoms with Crippen LogP contribution in [-0.2, 0) is 11.2 Å². The van der Waals surface area contributed by atoms with Crippen molar-refractivity contribution < 1.29 is 14.6 Å². The fourth-order valence-corrected chi connectivity index (χ4v) is 2.24. The molecule has 0 aromatic heterocycles. The second-order valence-electron chi connectivity index (χ2n) is 5.78. The van der Waals surface area contributed by atoms with Gasteiger partial charge in [0.05, 0.1) is 28.5 Å². The van der Waals surface area contributed by atoms with E-state index in [1.807, 2.05) is 43.3 Å². The number of benzene rings is 2. The van der Waals surface area contributed by atoms with Crippen LogP contribution in [0.25, 0.3) is 0 Å². The molecule has 140 valence electrons. The maximum atomic E-state index is 12.0. The van der Waals surface area contributed by atoms with Crippen LogP contribution in [0.1, 0.15) is 11.1 Å². The van der Waals surface area contributed by atoms with Crippen LogP contribution in [0.3, 0.4) is 0 Å². The number of rotatable bonds is 7. The van der Waals surface area contributed by atoms with Gasteiger partial charge in [-0.3, -0.25) is 25.0 Å². The Labute approximate surface area is 154 Å². The highest BCUT2D eigenvalue weighted by Gasteiger charge is 2.20. The van der Waals surface area contributed by atoms with Gasteiger partial charge < -0.3 is 4.90 Å². The highest BCUT2D eigenvalue weighted by molar-refractivity contribution is 5.84. The molecule has 0 spiro atoms. The van der Waals surface area contributed by atoms with Gasteiger partial charge in [-0.2, -0.15) is 5.10 Å². The van der Waals surface area contributed by atoms with Gasteiger partial charge >= 0.3 is 0 Å². The quantitative estimate of drug-likeness (QED) is 0.451. The fourth-order valence-electron chi connectivity index (χ4n) is 2.24. The summed E-state index contributed by atoms with van der Waals surface area (Å²) in [6.45, 7) is 0. The molecule has 0 fully saturated rings. The summed E-state index contributed by atoms with van der Waals surface area (Å²) < 4.78 is 0. The predicted molar refractivity (Wildman–Crippen MR) is 100.0 cm³/mol. The van der Waals surface area contributed by atoms with Crippen molar-refractivity contribution in [2.45, 2.75) is 6.42 Å². The lowest BCUT2D eigenvalue weighted by Gasteiger charge is -2.11. The second kappa shape index (κ2) is 8.52. The highest BCUT2D eigenvalue weighted by Crippen LogP contribution is 2.25. The molecule has 10 nitrogen and oxygen atoms in total. The number of nitrogens with zero attached hydrogens (tertiary/aromatic N) is 4.